The number of fused-ring (bicyclic) bond motifs is 1. The van der Waals surface area contributed by atoms with Gasteiger partial charge in [0.25, 0.3) is 0 Å². The van der Waals surface area contributed by atoms with E-state index in [2.05, 4.69) is 6.92 Å². The Hall–Kier alpha value is -1.02. The minimum atomic E-state index is 0.297. The van der Waals surface area contributed by atoms with Gasteiger partial charge in [0.05, 0.1) is 6.61 Å². The second kappa shape index (κ2) is 8.43. The number of halogens is 1. The number of ether oxygens (including phenoxy) is 1. The summed E-state index contributed by atoms with van der Waals surface area (Å²) in [7, 11) is 0. The molecule has 0 aromatic heterocycles. The third kappa shape index (κ3) is 5.03. The number of hydrogen-bond acceptors (Lipinski definition) is 2. The number of ketones is 1. The van der Waals surface area contributed by atoms with Crippen LogP contribution in [0.2, 0.25) is 5.02 Å². The van der Waals surface area contributed by atoms with Gasteiger partial charge in [-0.05, 0) is 24.1 Å². The predicted molar refractivity (Wildman–Crippen MR) is 87.4 cm³/mol. The zero-order valence-electron chi connectivity index (χ0n) is 12.9. The van der Waals surface area contributed by atoms with Crippen LogP contribution in [0.15, 0.2) is 12.1 Å². The van der Waals surface area contributed by atoms with E-state index >= 15 is 0 Å². The molecule has 0 radical (unpaired) electrons. The third-order valence-corrected chi connectivity index (χ3v) is 4.24. The standard InChI is InChI=1S/C18H25ClO2/c1-2-3-4-5-6-7-8-17(20)13-15-12-16(19)11-14-9-10-21-18(14)15/h11-12H,2-10,13H2,1H3. The Morgan fingerprint density at radius 3 is 2.76 bits per heavy atom. The first-order chi connectivity index (χ1) is 10.2. The van der Waals surface area contributed by atoms with Crippen molar-refractivity contribution in [2.45, 2.75) is 64.7 Å². The summed E-state index contributed by atoms with van der Waals surface area (Å²) in [6.07, 6.45) is 9.30. The van der Waals surface area contributed by atoms with Crippen molar-refractivity contribution in [3.63, 3.8) is 0 Å². The van der Waals surface area contributed by atoms with Gasteiger partial charge in [0.1, 0.15) is 11.5 Å². The Balaban J connectivity index is 1.78. The van der Waals surface area contributed by atoms with Gasteiger partial charge in [-0.3, -0.25) is 4.79 Å². The first-order valence-electron chi connectivity index (χ1n) is 8.16. The van der Waals surface area contributed by atoms with Gasteiger partial charge in [-0.25, -0.2) is 0 Å². The van der Waals surface area contributed by atoms with Crippen LogP contribution in [-0.2, 0) is 17.6 Å². The maximum atomic E-state index is 12.1. The summed E-state index contributed by atoms with van der Waals surface area (Å²) in [6, 6.07) is 3.83. The first kappa shape index (κ1) is 16.4. The molecular weight excluding hydrogens is 284 g/mol. The van der Waals surface area contributed by atoms with Crippen molar-refractivity contribution in [1.29, 1.82) is 0 Å². The highest BCUT2D eigenvalue weighted by atomic mass is 35.5. The fourth-order valence-corrected chi connectivity index (χ4v) is 3.14. The van der Waals surface area contributed by atoms with Gasteiger partial charge in [-0.1, -0.05) is 50.6 Å². The Kier molecular flexibility index (Phi) is 6.56. The molecule has 21 heavy (non-hydrogen) atoms. The number of Topliss-reactive ketones (excluding diaryl/α,β-unsaturated/α-hetero) is 1. The number of rotatable bonds is 9. The van der Waals surface area contributed by atoms with Crippen LogP contribution in [0.3, 0.4) is 0 Å². The average molecular weight is 309 g/mol. The number of carbonyl (C=O) groups excluding carboxylic acids is 1. The molecule has 1 aromatic carbocycles. The summed E-state index contributed by atoms with van der Waals surface area (Å²) in [6.45, 7) is 2.92. The van der Waals surface area contributed by atoms with Crippen LogP contribution in [0.4, 0.5) is 0 Å². The molecule has 1 aromatic rings. The second-order valence-electron chi connectivity index (χ2n) is 5.88. The van der Waals surface area contributed by atoms with Crippen LogP contribution in [0.1, 0.15) is 63.0 Å². The normalized spacial score (nSPS) is 13.0. The van der Waals surface area contributed by atoms with E-state index in [0.717, 1.165) is 36.1 Å². The van der Waals surface area contributed by atoms with Crippen molar-refractivity contribution >= 4 is 17.4 Å². The molecule has 0 N–H and O–H groups in total. The molecule has 0 aliphatic carbocycles. The lowest BCUT2D eigenvalue weighted by Crippen LogP contribution is -2.04. The highest BCUT2D eigenvalue weighted by Gasteiger charge is 2.19. The van der Waals surface area contributed by atoms with Crippen LogP contribution in [0, 0.1) is 0 Å². The maximum absolute atomic E-state index is 12.1. The van der Waals surface area contributed by atoms with Gasteiger partial charge in [-0.15, -0.1) is 0 Å². The van der Waals surface area contributed by atoms with E-state index < -0.39 is 0 Å². The average Bonchev–Trinajstić information content (AvgIpc) is 2.91. The van der Waals surface area contributed by atoms with E-state index in [4.69, 9.17) is 16.3 Å². The fraction of sp³-hybridized carbons (Fsp3) is 0.611. The van der Waals surface area contributed by atoms with Gasteiger partial charge >= 0.3 is 0 Å². The lowest BCUT2D eigenvalue weighted by Gasteiger charge is -2.08. The summed E-state index contributed by atoms with van der Waals surface area (Å²) < 4.78 is 5.64. The van der Waals surface area contributed by atoms with Crippen LogP contribution < -0.4 is 4.74 Å². The maximum Gasteiger partial charge on any atom is 0.137 e. The zero-order chi connectivity index (χ0) is 15.1. The van der Waals surface area contributed by atoms with E-state index in [1.54, 1.807) is 0 Å². The minimum Gasteiger partial charge on any atom is -0.493 e. The largest absolute Gasteiger partial charge is 0.493 e. The van der Waals surface area contributed by atoms with Gasteiger partial charge < -0.3 is 4.74 Å². The molecule has 0 spiro atoms. The number of carbonyl (C=O) groups is 1. The Morgan fingerprint density at radius 1 is 1.19 bits per heavy atom. The van der Waals surface area contributed by atoms with Crippen LogP contribution in [-0.4, -0.2) is 12.4 Å². The van der Waals surface area contributed by atoms with Crippen LogP contribution in [0.5, 0.6) is 5.75 Å². The van der Waals surface area contributed by atoms with E-state index in [1.165, 1.54) is 25.7 Å². The highest BCUT2D eigenvalue weighted by molar-refractivity contribution is 6.30. The van der Waals surface area contributed by atoms with Crippen molar-refractivity contribution in [1.82, 2.24) is 0 Å². The van der Waals surface area contributed by atoms with Gasteiger partial charge in [0, 0.05) is 29.8 Å². The SMILES string of the molecule is CCCCCCCCC(=O)Cc1cc(Cl)cc2c1OCC2. The van der Waals surface area contributed by atoms with Crippen molar-refractivity contribution in [2.24, 2.45) is 0 Å². The lowest BCUT2D eigenvalue weighted by molar-refractivity contribution is -0.118. The predicted octanol–water partition coefficient (Wildman–Crippen LogP) is 5.14. The van der Waals surface area contributed by atoms with E-state index in [-0.39, 0.29) is 0 Å². The summed E-state index contributed by atoms with van der Waals surface area (Å²) in [5.41, 5.74) is 2.11. The smallest absolute Gasteiger partial charge is 0.137 e. The van der Waals surface area contributed by atoms with Gasteiger partial charge in [0.15, 0.2) is 0 Å². The van der Waals surface area contributed by atoms with Crippen LogP contribution in [0.25, 0.3) is 0 Å². The molecular formula is C18H25ClO2. The fourth-order valence-electron chi connectivity index (χ4n) is 2.88. The number of benzene rings is 1. The van der Waals surface area contributed by atoms with Gasteiger partial charge in [0.2, 0.25) is 0 Å². The van der Waals surface area contributed by atoms with E-state index in [1.807, 2.05) is 12.1 Å². The molecule has 0 unspecified atom stereocenters. The molecule has 1 heterocycles. The van der Waals surface area contributed by atoms with Gasteiger partial charge in [-0.2, -0.15) is 0 Å². The van der Waals surface area contributed by atoms with Crippen LogP contribution >= 0.6 is 11.6 Å². The molecule has 2 nitrogen and oxygen atoms in total. The zero-order valence-corrected chi connectivity index (χ0v) is 13.7. The van der Waals surface area contributed by atoms with Crippen molar-refractivity contribution in [3.8, 4) is 5.75 Å². The summed E-state index contributed by atoms with van der Waals surface area (Å²) >= 11 is 6.12. The molecule has 1 aliphatic rings. The Morgan fingerprint density at radius 2 is 1.95 bits per heavy atom. The summed E-state index contributed by atoms with van der Waals surface area (Å²) in [4.78, 5) is 12.1. The molecule has 0 bridgehead atoms. The topological polar surface area (TPSA) is 26.3 Å². The summed E-state index contributed by atoms with van der Waals surface area (Å²) in [5, 5.41) is 0.710. The Bertz CT molecular complexity index is 482. The molecule has 1 aliphatic heterocycles. The molecule has 0 saturated carbocycles. The monoisotopic (exact) mass is 308 g/mol. The molecule has 2 rings (SSSR count). The van der Waals surface area contributed by atoms with Crippen molar-refractivity contribution in [2.75, 3.05) is 6.61 Å². The van der Waals surface area contributed by atoms with Crippen molar-refractivity contribution in [3.05, 3.63) is 28.3 Å². The second-order valence-corrected chi connectivity index (χ2v) is 6.32. The molecule has 0 fully saturated rings. The number of unbranched alkanes of at least 4 members (excludes halogenated alkanes) is 5. The first-order valence-corrected chi connectivity index (χ1v) is 8.54. The molecule has 116 valence electrons. The minimum absolute atomic E-state index is 0.297. The Labute approximate surface area is 132 Å². The highest BCUT2D eigenvalue weighted by Crippen LogP contribution is 2.33. The number of hydrogen-bond donors (Lipinski definition) is 0. The summed E-state index contributed by atoms with van der Waals surface area (Å²) in [5.74, 6) is 1.20. The molecule has 0 atom stereocenters. The van der Waals surface area contributed by atoms with E-state index in [0.29, 0.717) is 30.3 Å². The molecule has 3 heteroatoms. The lowest BCUT2D eigenvalue weighted by atomic mass is 10.0. The molecule has 0 amide bonds. The quantitative estimate of drug-likeness (QED) is 0.591. The van der Waals surface area contributed by atoms with Crippen molar-refractivity contribution < 1.29 is 9.53 Å². The van der Waals surface area contributed by atoms with E-state index in [9.17, 15) is 4.79 Å². The molecule has 0 saturated heterocycles. The third-order valence-electron chi connectivity index (χ3n) is 4.02.